The normalized spacial score (nSPS) is 12.0. The third-order valence-electron chi connectivity index (χ3n) is 8.79. The van der Waals surface area contributed by atoms with Crippen molar-refractivity contribution in [3.63, 3.8) is 0 Å². The Balaban J connectivity index is 1.69. The van der Waals surface area contributed by atoms with Crippen LogP contribution in [0.25, 0.3) is 51.4 Å². The summed E-state index contributed by atoms with van der Waals surface area (Å²) in [6.07, 6.45) is 15.2. The largest absolute Gasteiger partial charge is 0.309 e. The molecule has 1 heteroatoms. The molecule has 0 saturated carbocycles. The predicted octanol–water partition coefficient (Wildman–Crippen LogP) is 12.5. The Morgan fingerprint density at radius 2 is 1.50 bits per heavy atom. The van der Waals surface area contributed by atoms with Gasteiger partial charge in [-0.2, -0.15) is 0 Å². The SMILES string of the molecule is C=C/C=C\Cc1cccc(/C(C=C)=C/c2c(C)c(C)c(-c3ccc(-c4cccc(/C(C)=C/C)c4)cc3C=C)n2-c2ccccc2)c1. The molecule has 5 aromatic rings. The summed E-state index contributed by atoms with van der Waals surface area (Å²) >= 11 is 0. The van der Waals surface area contributed by atoms with Crippen LogP contribution in [0.2, 0.25) is 0 Å². The highest BCUT2D eigenvalue weighted by Gasteiger charge is 2.21. The van der Waals surface area contributed by atoms with E-state index in [4.69, 9.17) is 0 Å². The van der Waals surface area contributed by atoms with E-state index in [1.807, 2.05) is 24.3 Å². The molecule has 0 spiro atoms. The third kappa shape index (κ3) is 6.65. The zero-order chi connectivity index (χ0) is 32.6. The summed E-state index contributed by atoms with van der Waals surface area (Å²) in [5.41, 5.74) is 16.5. The summed E-state index contributed by atoms with van der Waals surface area (Å²) < 4.78 is 2.39. The molecule has 0 atom stereocenters. The predicted molar refractivity (Wildman–Crippen MR) is 203 cm³/mol. The van der Waals surface area contributed by atoms with Crippen LogP contribution in [0.4, 0.5) is 0 Å². The average molecular weight is 598 g/mol. The second-order valence-corrected chi connectivity index (χ2v) is 11.6. The Morgan fingerprint density at radius 1 is 0.761 bits per heavy atom. The molecular formula is C45H43N. The van der Waals surface area contributed by atoms with Crippen LogP contribution in [0.1, 0.15) is 52.9 Å². The Morgan fingerprint density at radius 3 is 2.22 bits per heavy atom. The Bertz CT molecular complexity index is 1990. The second-order valence-electron chi connectivity index (χ2n) is 11.6. The minimum atomic E-state index is 0.854. The molecule has 0 saturated heterocycles. The van der Waals surface area contributed by atoms with Gasteiger partial charge in [-0.15, -0.1) is 0 Å². The zero-order valence-corrected chi connectivity index (χ0v) is 27.6. The van der Waals surface area contributed by atoms with Crippen LogP contribution in [-0.4, -0.2) is 4.57 Å². The summed E-state index contributed by atoms with van der Waals surface area (Å²) in [4.78, 5) is 0. The van der Waals surface area contributed by atoms with Gasteiger partial charge in [0.05, 0.1) is 11.4 Å². The van der Waals surface area contributed by atoms with Gasteiger partial charge in [0.25, 0.3) is 0 Å². The molecule has 0 aliphatic carbocycles. The van der Waals surface area contributed by atoms with Crippen LogP contribution in [0.15, 0.2) is 147 Å². The van der Waals surface area contributed by atoms with Crippen LogP contribution in [0, 0.1) is 13.8 Å². The van der Waals surface area contributed by atoms with Crippen molar-refractivity contribution in [2.45, 2.75) is 34.1 Å². The quantitative estimate of drug-likeness (QED) is 0.133. The van der Waals surface area contributed by atoms with E-state index in [0.29, 0.717) is 0 Å². The smallest absolute Gasteiger partial charge is 0.0572 e. The topological polar surface area (TPSA) is 4.93 Å². The molecule has 0 unspecified atom stereocenters. The molecular weight excluding hydrogens is 555 g/mol. The van der Waals surface area contributed by atoms with E-state index in [1.54, 1.807) is 0 Å². The summed E-state index contributed by atoms with van der Waals surface area (Å²) in [5.74, 6) is 0. The summed E-state index contributed by atoms with van der Waals surface area (Å²) in [6.45, 7) is 21.0. The van der Waals surface area contributed by atoms with Crippen molar-refractivity contribution in [3.8, 4) is 28.1 Å². The molecule has 1 aromatic heterocycles. The van der Waals surface area contributed by atoms with E-state index in [1.165, 1.54) is 44.6 Å². The van der Waals surface area contributed by atoms with Crippen molar-refractivity contribution in [1.82, 2.24) is 4.57 Å². The van der Waals surface area contributed by atoms with Crippen LogP contribution < -0.4 is 0 Å². The summed E-state index contributed by atoms with van der Waals surface area (Å²) in [5, 5.41) is 0. The Hall–Kier alpha value is -5.40. The van der Waals surface area contributed by atoms with Crippen molar-refractivity contribution in [3.05, 3.63) is 186 Å². The van der Waals surface area contributed by atoms with Gasteiger partial charge in [0.2, 0.25) is 0 Å². The first kappa shape index (κ1) is 32.0. The Labute approximate surface area is 275 Å². The summed E-state index contributed by atoms with van der Waals surface area (Å²) in [7, 11) is 0. The van der Waals surface area contributed by atoms with E-state index in [2.05, 4.69) is 167 Å². The average Bonchev–Trinajstić information content (AvgIpc) is 3.35. The maximum Gasteiger partial charge on any atom is 0.0572 e. The molecule has 1 heterocycles. The highest BCUT2D eigenvalue weighted by molar-refractivity contribution is 5.90. The first-order valence-electron chi connectivity index (χ1n) is 15.9. The molecule has 46 heavy (non-hydrogen) atoms. The van der Waals surface area contributed by atoms with Gasteiger partial charge < -0.3 is 4.57 Å². The number of nitrogens with zero attached hydrogens (tertiary/aromatic N) is 1. The molecule has 0 amide bonds. The number of para-hydroxylation sites is 1. The molecule has 1 nitrogen and oxygen atoms in total. The second kappa shape index (κ2) is 14.6. The number of hydrogen-bond acceptors (Lipinski definition) is 0. The number of allylic oxidation sites excluding steroid dienone is 7. The monoisotopic (exact) mass is 597 g/mol. The lowest BCUT2D eigenvalue weighted by Gasteiger charge is -2.17. The first-order valence-corrected chi connectivity index (χ1v) is 15.9. The van der Waals surface area contributed by atoms with Crippen molar-refractivity contribution in [2.75, 3.05) is 0 Å². The van der Waals surface area contributed by atoms with Gasteiger partial charge in [0, 0.05) is 11.3 Å². The van der Waals surface area contributed by atoms with E-state index < -0.39 is 0 Å². The lowest BCUT2D eigenvalue weighted by atomic mass is 9.94. The van der Waals surface area contributed by atoms with E-state index in [9.17, 15) is 0 Å². The molecule has 0 aliphatic rings. The molecule has 228 valence electrons. The maximum atomic E-state index is 4.25. The fourth-order valence-corrected chi connectivity index (χ4v) is 5.99. The standard InChI is InChI=1S/C45H43N/c1-8-12-14-19-35-20-17-22-39(28-35)36(10-3)31-44-33(6)34(7)45(46(44)42-24-15-13-16-25-42)43-27-26-41(29-37(43)11-4)40-23-18-21-38(30-40)32(5)9-2/h8-18,20-31H,1,3-4,19H2,2,5-7H3/b14-12-,32-9+,36-31+. The van der Waals surface area contributed by atoms with Crippen LogP contribution in [0.3, 0.4) is 0 Å². The molecule has 0 bridgehead atoms. The molecule has 0 N–H and O–H groups in total. The van der Waals surface area contributed by atoms with Crippen molar-refractivity contribution >= 4 is 23.3 Å². The zero-order valence-electron chi connectivity index (χ0n) is 27.6. The van der Waals surface area contributed by atoms with Crippen LogP contribution >= 0.6 is 0 Å². The number of aromatic nitrogens is 1. The highest BCUT2D eigenvalue weighted by Crippen LogP contribution is 2.39. The molecule has 0 radical (unpaired) electrons. The third-order valence-corrected chi connectivity index (χ3v) is 8.79. The Kier molecular flexibility index (Phi) is 10.1. The number of hydrogen-bond donors (Lipinski definition) is 0. The van der Waals surface area contributed by atoms with Gasteiger partial charge >= 0.3 is 0 Å². The van der Waals surface area contributed by atoms with Crippen molar-refractivity contribution in [2.24, 2.45) is 0 Å². The highest BCUT2D eigenvalue weighted by atomic mass is 15.0. The van der Waals surface area contributed by atoms with Gasteiger partial charge in [0.15, 0.2) is 0 Å². The van der Waals surface area contributed by atoms with E-state index >= 15 is 0 Å². The maximum absolute atomic E-state index is 4.25. The van der Waals surface area contributed by atoms with Gasteiger partial charge in [0.1, 0.15) is 0 Å². The fraction of sp³-hybridized carbons (Fsp3) is 0.111. The van der Waals surface area contributed by atoms with Gasteiger partial charge in [-0.25, -0.2) is 0 Å². The van der Waals surface area contributed by atoms with Crippen LogP contribution in [-0.2, 0) is 6.42 Å². The van der Waals surface area contributed by atoms with Gasteiger partial charge in [-0.1, -0.05) is 129 Å². The fourth-order valence-electron chi connectivity index (χ4n) is 5.99. The van der Waals surface area contributed by atoms with Crippen molar-refractivity contribution < 1.29 is 0 Å². The van der Waals surface area contributed by atoms with Gasteiger partial charge in [-0.05, 0) is 120 Å². The summed E-state index contributed by atoms with van der Waals surface area (Å²) in [6, 6.07) is 34.8. The molecule has 4 aromatic carbocycles. The minimum absolute atomic E-state index is 0.854. The molecule has 0 fully saturated rings. The molecule has 5 rings (SSSR count). The van der Waals surface area contributed by atoms with Crippen LogP contribution in [0.5, 0.6) is 0 Å². The lowest BCUT2D eigenvalue weighted by Crippen LogP contribution is -2.01. The first-order chi connectivity index (χ1) is 22.4. The van der Waals surface area contributed by atoms with E-state index in [0.717, 1.165) is 40.1 Å². The van der Waals surface area contributed by atoms with Gasteiger partial charge in [-0.3, -0.25) is 0 Å². The minimum Gasteiger partial charge on any atom is -0.309 e. The number of rotatable bonds is 11. The van der Waals surface area contributed by atoms with Crippen molar-refractivity contribution in [1.29, 1.82) is 0 Å². The van der Waals surface area contributed by atoms with E-state index in [-0.39, 0.29) is 0 Å². The molecule has 0 aliphatic heterocycles. The lowest BCUT2D eigenvalue weighted by molar-refractivity contribution is 1.06. The number of benzene rings is 4.